The van der Waals surface area contributed by atoms with Crippen LogP contribution in [0.15, 0.2) is 39.8 Å². The molecule has 0 fully saturated rings. The van der Waals surface area contributed by atoms with Crippen LogP contribution in [0.5, 0.6) is 5.75 Å². The van der Waals surface area contributed by atoms with Gasteiger partial charge in [0.25, 0.3) is 0 Å². The molecule has 5 heteroatoms. The molecular weight excluding hydrogens is 328 g/mol. The van der Waals surface area contributed by atoms with E-state index in [9.17, 15) is 4.79 Å². The Morgan fingerprint density at radius 2 is 2.20 bits per heavy atom. The Morgan fingerprint density at radius 3 is 2.87 bits per heavy atom. The lowest BCUT2D eigenvalue weighted by atomic mass is 10.3. The number of ether oxygens (including phenoxy) is 2. The van der Waals surface area contributed by atoms with Gasteiger partial charge in [-0.1, -0.05) is 18.7 Å². The first-order valence-corrected chi connectivity index (χ1v) is 5.63. The first-order chi connectivity index (χ1) is 7.15. The molecule has 15 heavy (non-hydrogen) atoms. The third kappa shape index (κ3) is 3.68. The molecule has 0 bridgehead atoms. The summed E-state index contributed by atoms with van der Waals surface area (Å²) in [7, 11) is 0. The maximum atomic E-state index is 11.1. The lowest BCUT2D eigenvalue weighted by Crippen LogP contribution is -2.10. The van der Waals surface area contributed by atoms with E-state index in [1.807, 2.05) is 6.07 Å². The molecule has 0 unspecified atom stereocenters. The molecule has 0 aliphatic carbocycles. The van der Waals surface area contributed by atoms with Crippen LogP contribution in [-0.2, 0) is 4.74 Å². The molecule has 0 amide bonds. The van der Waals surface area contributed by atoms with Gasteiger partial charge in [-0.05, 0) is 44.0 Å². The van der Waals surface area contributed by atoms with E-state index in [0.29, 0.717) is 10.2 Å². The Hall–Kier alpha value is -0.810. The van der Waals surface area contributed by atoms with Crippen LogP contribution in [0.25, 0.3) is 0 Å². The smallest absolute Gasteiger partial charge is 0.430 e. The summed E-state index contributed by atoms with van der Waals surface area (Å²) < 4.78 is 11.1. The molecule has 1 aromatic carbocycles. The third-order valence-corrected chi connectivity index (χ3v) is 3.44. The molecule has 80 valence electrons. The Balaban J connectivity index is 2.68. The van der Waals surface area contributed by atoms with Gasteiger partial charge in [0.15, 0.2) is 0 Å². The molecule has 3 nitrogen and oxygen atoms in total. The van der Waals surface area contributed by atoms with E-state index < -0.39 is 6.16 Å². The van der Waals surface area contributed by atoms with Crippen LogP contribution in [-0.4, -0.2) is 12.8 Å². The van der Waals surface area contributed by atoms with Crippen molar-refractivity contribution >= 4 is 38.0 Å². The number of rotatable bonds is 3. The van der Waals surface area contributed by atoms with Crippen LogP contribution in [0.2, 0.25) is 0 Å². The first-order valence-electron chi connectivity index (χ1n) is 4.04. The van der Waals surface area contributed by atoms with Gasteiger partial charge in [0, 0.05) is 4.47 Å². The summed E-state index contributed by atoms with van der Waals surface area (Å²) >= 11 is 6.57. The topological polar surface area (TPSA) is 35.5 Å². The summed E-state index contributed by atoms with van der Waals surface area (Å²) in [6.45, 7) is 3.55. The molecule has 0 saturated heterocycles. The molecule has 0 spiro atoms. The van der Waals surface area contributed by atoms with E-state index >= 15 is 0 Å². The highest BCUT2D eigenvalue weighted by Gasteiger charge is 2.10. The highest BCUT2D eigenvalue weighted by Crippen LogP contribution is 2.32. The van der Waals surface area contributed by atoms with Crippen LogP contribution >= 0.6 is 31.9 Å². The summed E-state index contributed by atoms with van der Waals surface area (Å²) in [5, 5.41) is 0. The Kier molecular flexibility index (Phi) is 4.84. The van der Waals surface area contributed by atoms with Crippen LogP contribution in [0.3, 0.4) is 0 Å². The van der Waals surface area contributed by atoms with Gasteiger partial charge in [-0.15, -0.1) is 0 Å². The lowest BCUT2D eigenvalue weighted by molar-refractivity contribution is 0.109. The maximum Gasteiger partial charge on any atom is 0.514 e. The quantitative estimate of drug-likeness (QED) is 0.477. The normalized spacial score (nSPS) is 9.47. The number of halogens is 2. The van der Waals surface area contributed by atoms with Crippen molar-refractivity contribution in [2.75, 3.05) is 6.61 Å². The minimum Gasteiger partial charge on any atom is -0.430 e. The molecular formula is C10H8Br2O3. The molecule has 1 aromatic rings. The second-order valence-corrected chi connectivity index (χ2v) is 4.15. The largest absolute Gasteiger partial charge is 0.514 e. The van der Waals surface area contributed by atoms with Crippen molar-refractivity contribution in [3.8, 4) is 5.75 Å². The number of benzene rings is 1. The number of hydrogen-bond donors (Lipinski definition) is 0. The SMILES string of the molecule is C=CCOC(=O)Oc1cccc(Br)c1Br. The van der Waals surface area contributed by atoms with Crippen LogP contribution in [0.4, 0.5) is 4.79 Å². The minimum atomic E-state index is -0.756. The fourth-order valence-corrected chi connectivity index (χ4v) is 1.50. The average molecular weight is 336 g/mol. The van der Waals surface area contributed by atoms with Gasteiger partial charge in [0.05, 0.1) is 4.47 Å². The zero-order valence-corrected chi connectivity index (χ0v) is 10.9. The minimum absolute atomic E-state index is 0.129. The van der Waals surface area contributed by atoms with Gasteiger partial charge in [0.1, 0.15) is 12.4 Å². The number of hydrogen-bond acceptors (Lipinski definition) is 3. The van der Waals surface area contributed by atoms with Gasteiger partial charge < -0.3 is 9.47 Å². The van der Waals surface area contributed by atoms with E-state index in [0.717, 1.165) is 4.47 Å². The van der Waals surface area contributed by atoms with Crippen molar-refractivity contribution in [2.24, 2.45) is 0 Å². The highest BCUT2D eigenvalue weighted by molar-refractivity contribution is 9.13. The van der Waals surface area contributed by atoms with Crippen LogP contribution in [0, 0.1) is 0 Å². The fourth-order valence-electron chi connectivity index (χ4n) is 0.809. The Morgan fingerprint density at radius 1 is 1.47 bits per heavy atom. The van der Waals surface area contributed by atoms with Gasteiger partial charge in [-0.3, -0.25) is 0 Å². The fraction of sp³-hybridized carbons (Fsp3) is 0.100. The monoisotopic (exact) mass is 334 g/mol. The molecule has 0 heterocycles. The van der Waals surface area contributed by atoms with Crippen molar-refractivity contribution in [2.45, 2.75) is 0 Å². The maximum absolute atomic E-state index is 11.1. The molecule has 0 saturated carbocycles. The molecule has 0 aliphatic heterocycles. The molecule has 0 radical (unpaired) electrons. The Labute approximate surface area is 104 Å². The number of carbonyl (C=O) groups excluding carboxylic acids is 1. The molecule has 0 aromatic heterocycles. The zero-order chi connectivity index (χ0) is 11.3. The van der Waals surface area contributed by atoms with Crippen molar-refractivity contribution in [3.63, 3.8) is 0 Å². The highest BCUT2D eigenvalue weighted by atomic mass is 79.9. The second-order valence-electron chi connectivity index (χ2n) is 2.50. The average Bonchev–Trinajstić information content (AvgIpc) is 2.22. The summed E-state index contributed by atoms with van der Waals surface area (Å²) in [4.78, 5) is 11.1. The summed E-state index contributed by atoms with van der Waals surface area (Å²) in [6, 6.07) is 5.24. The van der Waals surface area contributed by atoms with E-state index in [1.165, 1.54) is 6.08 Å². The van der Waals surface area contributed by atoms with E-state index in [4.69, 9.17) is 4.74 Å². The van der Waals surface area contributed by atoms with E-state index in [-0.39, 0.29) is 6.61 Å². The van der Waals surface area contributed by atoms with Gasteiger partial charge >= 0.3 is 6.16 Å². The van der Waals surface area contributed by atoms with E-state index in [2.05, 4.69) is 43.2 Å². The molecule has 0 N–H and O–H groups in total. The first kappa shape index (κ1) is 12.3. The second kappa shape index (κ2) is 5.92. The summed E-state index contributed by atoms with van der Waals surface area (Å²) in [5.74, 6) is 0.401. The van der Waals surface area contributed by atoms with Gasteiger partial charge in [-0.2, -0.15) is 0 Å². The summed E-state index contributed by atoms with van der Waals surface area (Å²) in [5.41, 5.74) is 0. The van der Waals surface area contributed by atoms with Crippen molar-refractivity contribution in [1.29, 1.82) is 0 Å². The van der Waals surface area contributed by atoms with Crippen molar-refractivity contribution in [3.05, 3.63) is 39.8 Å². The predicted molar refractivity (Wildman–Crippen MR) is 64.0 cm³/mol. The molecule has 0 aliphatic rings. The van der Waals surface area contributed by atoms with Crippen LogP contribution in [0.1, 0.15) is 0 Å². The van der Waals surface area contributed by atoms with Gasteiger partial charge in [-0.25, -0.2) is 4.79 Å². The van der Waals surface area contributed by atoms with E-state index in [1.54, 1.807) is 12.1 Å². The van der Waals surface area contributed by atoms with Crippen LogP contribution < -0.4 is 4.74 Å². The van der Waals surface area contributed by atoms with Crippen molar-refractivity contribution < 1.29 is 14.3 Å². The van der Waals surface area contributed by atoms with Crippen molar-refractivity contribution in [1.82, 2.24) is 0 Å². The Bertz CT molecular complexity index is 377. The third-order valence-electron chi connectivity index (χ3n) is 1.43. The number of carbonyl (C=O) groups is 1. The standard InChI is InChI=1S/C10H8Br2O3/c1-2-6-14-10(13)15-8-5-3-4-7(11)9(8)12/h2-5H,1,6H2. The molecule has 0 atom stereocenters. The molecule has 1 rings (SSSR count). The predicted octanol–water partition coefficient (Wildman–Crippen LogP) is 3.91. The van der Waals surface area contributed by atoms with Gasteiger partial charge in [0.2, 0.25) is 0 Å². The summed E-state index contributed by atoms with van der Waals surface area (Å²) in [6.07, 6.45) is 0.714. The zero-order valence-electron chi connectivity index (χ0n) is 7.70. The lowest BCUT2D eigenvalue weighted by Gasteiger charge is -2.06.